The number of furan rings is 1. The van der Waals surface area contributed by atoms with E-state index in [0.29, 0.717) is 5.92 Å². The molecule has 20 heavy (non-hydrogen) atoms. The van der Waals surface area contributed by atoms with Crippen molar-refractivity contribution in [1.82, 2.24) is 5.43 Å². The summed E-state index contributed by atoms with van der Waals surface area (Å²) in [5.74, 6) is 7.29. The minimum atomic E-state index is 0.0913. The Morgan fingerprint density at radius 1 is 1.15 bits per heavy atom. The van der Waals surface area contributed by atoms with Crippen LogP contribution in [0.1, 0.15) is 55.2 Å². The first kappa shape index (κ1) is 14.8. The van der Waals surface area contributed by atoms with Gasteiger partial charge in [0.1, 0.15) is 5.76 Å². The van der Waals surface area contributed by atoms with E-state index >= 15 is 0 Å². The van der Waals surface area contributed by atoms with Crippen molar-refractivity contribution >= 4 is 0 Å². The van der Waals surface area contributed by atoms with Crippen molar-refractivity contribution < 1.29 is 4.42 Å². The van der Waals surface area contributed by atoms with Gasteiger partial charge in [0.05, 0.1) is 12.3 Å². The second-order valence-corrected chi connectivity index (χ2v) is 5.47. The Bertz CT molecular complexity index is 528. The number of hydrogen-bond acceptors (Lipinski definition) is 3. The molecule has 0 aliphatic carbocycles. The van der Waals surface area contributed by atoms with E-state index in [1.54, 1.807) is 6.26 Å². The number of aryl methyl sites for hydroxylation is 1. The van der Waals surface area contributed by atoms with E-state index in [4.69, 9.17) is 10.3 Å². The fraction of sp³-hybridized carbons (Fsp3) is 0.412. The van der Waals surface area contributed by atoms with Crippen LogP contribution in [0.2, 0.25) is 0 Å². The summed E-state index contributed by atoms with van der Waals surface area (Å²) in [7, 11) is 0. The molecule has 1 heterocycles. The van der Waals surface area contributed by atoms with Crippen LogP contribution in [0.15, 0.2) is 41.0 Å². The molecule has 2 aromatic rings. The summed E-state index contributed by atoms with van der Waals surface area (Å²) < 4.78 is 5.49. The first-order valence-corrected chi connectivity index (χ1v) is 7.27. The summed E-state index contributed by atoms with van der Waals surface area (Å²) in [6.45, 7) is 6.50. The van der Waals surface area contributed by atoms with Crippen LogP contribution in [-0.4, -0.2) is 0 Å². The third kappa shape index (κ3) is 3.30. The molecule has 0 amide bonds. The molecule has 108 valence electrons. The fourth-order valence-electron chi connectivity index (χ4n) is 2.48. The molecule has 0 fully saturated rings. The molecule has 3 heteroatoms. The molecule has 3 N–H and O–H groups in total. The molecule has 1 aromatic heterocycles. The van der Waals surface area contributed by atoms with Crippen LogP contribution in [0, 0.1) is 0 Å². The Balaban J connectivity index is 2.14. The summed E-state index contributed by atoms with van der Waals surface area (Å²) in [6, 6.07) is 10.9. The molecule has 0 saturated carbocycles. The van der Waals surface area contributed by atoms with E-state index in [2.05, 4.69) is 50.5 Å². The lowest BCUT2D eigenvalue weighted by molar-refractivity contribution is 0.487. The number of nitrogens with two attached hydrogens (primary N) is 1. The largest absolute Gasteiger partial charge is 0.469 e. The van der Waals surface area contributed by atoms with E-state index < -0.39 is 0 Å². The summed E-state index contributed by atoms with van der Waals surface area (Å²) in [5.41, 5.74) is 6.70. The maximum absolute atomic E-state index is 5.72. The van der Waals surface area contributed by atoms with Crippen molar-refractivity contribution in [2.45, 2.75) is 45.6 Å². The van der Waals surface area contributed by atoms with Crippen molar-refractivity contribution in [2.24, 2.45) is 5.84 Å². The number of hydrazine groups is 1. The van der Waals surface area contributed by atoms with E-state index in [1.807, 2.05) is 6.07 Å². The van der Waals surface area contributed by atoms with Crippen molar-refractivity contribution in [2.75, 3.05) is 0 Å². The Morgan fingerprint density at radius 3 is 2.40 bits per heavy atom. The average Bonchev–Trinajstić information content (AvgIpc) is 2.93. The number of hydrogen-bond donors (Lipinski definition) is 2. The Kier molecular flexibility index (Phi) is 4.99. The summed E-state index contributed by atoms with van der Waals surface area (Å²) in [5, 5.41) is 0. The zero-order valence-electron chi connectivity index (χ0n) is 12.5. The topological polar surface area (TPSA) is 51.2 Å². The molecule has 0 radical (unpaired) electrons. The van der Waals surface area contributed by atoms with Gasteiger partial charge in [-0.25, -0.2) is 0 Å². The molecule has 0 aliphatic heterocycles. The lowest BCUT2D eigenvalue weighted by atomic mass is 9.96. The lowest BCUT2D eigenvalue weighted by Gasteiger charge is -2.16. The van der Waals surface area contributed by atoms with Gasteiger partial charge in [-0.1, -0.05) is 45.0 Å². The first-order chi connectivity index (χ1) is 9.65. The highest BCUT2D eigenvalue weighted by molar-refractivity contribution is 5.28. The minimum absolute atomic E-state index is 0.0913. The number of nitrogens with one attached hydrogen (secondary N) is 1. The van der Waals surface area contributed by atoms with E-state index in [1.165, 1.54) is 11.1 Å². The van der Waals surface area contributed by atoms with Gasteiger partial charge in [0.25, 0.3) is 0 Å². The zero-order valence-corrected chi connectivity index (χ0v) is 12.5. The van der Waals surface area contributed by atoms with Crippen molar-refractivity contribution in [1.29, 1.82) is 0 Å². The van der Waals surface area contributed by atoms with Crippen molar-refractivity contribution in [3.05, 3.63) is 59.0 Å². The first-order valence-electron chi connectivity index (χ1n) is 7.27. The highest BCUT2D eigenvalue weighted by Crippen LogP contribution is 2.24. The quantitative estimate of drug-likeness (QED) is 0.622. The van der Waals surface area contributed by atoms with Gasteiger partial charge < -0.3 is 4.42 Å². The second-order valence-electron chi connectivity index (χ2n) is 5.47. The Hall–Kier alpha value is -1.58. The maximum Gasteiger partial charge on any atom is 0.108 e. The molecular formula is C17H24N2O. The normalized spacial score (nSPS) is 12.8. The van der Waals surface area contributed by atoms with Crippen LogP contribution >= 0.6 is 0 Å². The summed E-state index contributed by atoms with van der Waals surface area (Å²) in [6.07, 6.45) is 3.48. The van der Waals surface area contributed by atoms with Gasteiger partial charge in [0.15, 0.2) is 0 Å². The van der Waals surface area contributed by atoms with Crippen LogP contribution in [0.4, 0.5) is 0 Å². The zero-order chi connectivity index (χ0) is 14.5. The highest BCUT2D eigenvalue weighted by Gasteiger charge is 2.16. The van der Waals surface area contributed by atoms with Crippen LogP contribution < -0.4 is 11.3 Å². The van der Waals surface area contributed by atoms with Gasteiger partial charge in [0, 0.05) is 12.0 Å². The average molecular weight is 272 g/mol. The standard InChI is InChI=1S/C17H24N2O/c1-4-17-15(9-10-20-17)16(19-18)11-13-5-7-14(8-6-13)12(2)3/h5-10,12,16,19H,4,11,18H2,1-3H3. The third-order valence-corrected chi connectivity index (χ3v) is 3.76. The maximum atomic E-state index is 5.72. The molecule has 2 rings (SSSR count). The Labute approximate surface area is 121 Å². The molecule has 0 saturated heterocycles. The van der Waals surface area contributed by atoms with E-state index in [-0.39, 0.29) is 6.04 Å². The molecule has 0 aliphatic rings. The SMILES string of the molecule is CCc1occc1C(Cc1ccc(C(C)C)cc1)NN. The fourth-order valence-corrected chi connectivity index (χ4v) is 2.48. The van der Waals surface area contributed by atoms with Gasteiger partial charge in [-0.05, 0) is 29.5 Å². The second kappa shape index (κ2) is 6.73. The third-order valence-electron chi connectivity index (χ3n) is 3.76. The molecule has 0 bridgehead atoms. The minimum Gasteiger partial charge on any atom is -0.469 e. The monoisotopic (exact) mass is 272 g/mol. The van der Waals surface area contributed by atoms with Gasteiger partial charge in [-0.2, -0.15) is 0 Å². The molecule has 0 spiro atoms. The van der Waals surface area contributed by atoms with E-state index in [9.17, 15) is 0 Å². The van der Waals surface area contributed by atoms with Crippen molar-refractivity contribution in [3.8, 4) is 0 Å². The van der Waals surface area contributed by atoms with E-state index in [0.717, 1.165) is 24.2 Å². The van der Waals surface area contributed by atoms with Gasteiger partial charge in [-0.15, -0.1) is 0 Å². The van der Waals surface area contributed by atoms with Gasteiger partial charge in [0.2, 0.25) is 0 Å². The molecule has 1 atom stereocenters. The smallest absolute Gasteiger partial charge is 0.108 e. The Morgan fingerprint density at radius 2 is 1.85 bits per heavy atom. The van der Waals surface area contributed by atoms with Crippen LogP contribution in [-0.2, 0) is 12.8 Å². The molecular weight excluding hydrogens is 248 g/mol. The molecule has 1 aromatic carbocycles. The highest BCUT2D eigenvalue weighted by atomic mass is 16.3. The number of benzene rings is 1. The number of rotatable bonds is 6. The predicted molar refractivity (Wildman–Crippen MR) is 82.4 cm³/mol. The lowest BCUT2D eigenvalue weighted by Crippen LogP contribution is -2.29. The molecule has 1 unspecified atom stereocenters. The summed E-state index contributed by atoms with van der Waals surface area (Å²) in [4.78, 5) is 0. The van der Waals surface area contributed by atoms with Crippen LogP contribution in [0.25, 0.3) is 0 Å². The van der Waals surface area contributed by atoms with Crippen molar-refractivity contribution in [3.63, 3.8) is 0 Å². The summed E-state index contributed by atoms with van der Waals surface area (Å²) >= 11 is 0. The van der Waals surface area contributed by atoms with Crippen LogP contribution in [0.3, 0.4) is 0 Å². The van der Waals surface area contributed by atoms with Gasteiger partial charge >= 0.3 is 0 Å². The molecule has 3 nitrogen and oxygen atoms in total. The van der Waals surface area contributed by atoms with Crippen LogP contribution in [0.5, 0.6) is 0 Å². The predicted octanol–water partition coefficient (Wildman–Crippen LogP) is 3.71. The van der Waals surface area contributed by atoms with Gasteiger partial charge in [-0.3, -0.25) is 11.3 Å².